The minimum absolute atomic E-state index is 0.0570. The summed E-state index contributed by atoms with van der Waals surface area (Å²) in [5.41, 5.74) is 6.84. The van der Waals surface area contributed by atoms with Gasteiger partial charge in [0.25, 0.3) is 0 Å². The molecule has 1 unspecified atom stereocenters. The van der Waals surface area contributed by atoms with Crippen LogP contribution in [0.3, 0.4) is 0 Å². The highest BCUT2D eigenvalue weighted by Gasteiger charge is 2.03. The van der Waals surface area contributed by atoms with Gasteiger partial charge in [-0.1, -0.05) is 5.16 Å². The third kappa shape index (κ3) is 1.82. The third-order valence-electron chi connectivity index (χ3n) is 2.03. The molecule has 0 radical (unpaired) electrons. The maximum absolute atomic E-state index is 5.74. The molecule has 2 aromatic heterocycles. The fourth-order valence-electron chi connectivity index (χ4n) is 1.25. The number of hydrogen-bond acceptors (Lipinski definition) is 4. The summed E-state index contributed by atoms with van der Waals surface area (Å²) in [5, 5.41) is 3.73. The van der Waals surface area contributed by atoms with E-state index < -0.39 is 0 Å². The fourth-order valence-corrected chi connectivity index (χ4v) is 1.25. The van der Waals surface area contributed by atoms with Gasteiger partial charge in [-0.2, -0.15) is 4.98 Å². The monoisotopic (exact) mass is 192 g/mol. The Hall–Kier alpha value is -1.62. The normalized spacial score (nSPS) is 13.0. The van der Waals surface area contributed by atoms with Crippen LogP contribution >= 0.6 is 0 Å². The van der Waals surface area contributed by atoms with Crippen LogP contribution in [0.15, 0.2) is 29.4 Å². The molecule has 5 heteroatoms. The molecule has 2 N–H and O–H groups in total. The Morgan fingerprint density at radius 1 is 1.64 bits per heavy atom. The smallest absolute Gasteiger partial charge is 0.213 e. The van der Waals surface area contributed by atoms with E-state index in [0.29, 0.717) is 12.4 Å². The van der Waals surface area contributed by atoms with E-state index in [1.54, 1.807) is 0 Å². The van der Waals surface area contributed by atoms with Crippen LogP contribution in [0.4, 0.5) is 0 Å². The molecule has 0 amide bonds. The molecule has 0 aliphatic rings. The van der Waals surface area contributed by atoms with Crippen molar-refractivity contribution >= 4 is 0 Å². The van der Waals surface area contributed by atoms with E-state index >= 15 is 0 Å². The summed E-state index contributed by atoms with van der Waals surface area (Å²) in [4.78, 5) is 3.94. The first-order valence-electron chi connectivity index (χ1n) is 4.42. The maximum atomic E-state index is 5.74. The number of aromatic nitrogens is 3. The van der Waals surface area contributed by atoms with Crippen LogP contribution in [0.1, 0.15) is 24.4 Å². The van der Waals surface area contributed by atoms with Gasteiger partial charge in [0.15, 0.2) is 5.82 Å². The number of nitrogens with zero attached hydrogens (tertiary/aromatic N) is 3. The summed E-state index contributed by atoms with van der Waals surface area (Å²) >= 11 is 0. The molecule has 0 saturated carbocycles. The van der Waals surface area contributed by atoms with Crippen molar-refractivity contribution in [2.24, 2.45) is 5.73 Å². The summed E-state index contributed by atoms with van der Waals surface area (Å²) < 4.78 is 6.62. The SMILES string of the molecule is CC(N)c1ccn(Cc2ncon2)c1. The van der Waals surface area contributed by atoms with Gasteiger partial charge in [0.05, 0.1) is 6.54 Å². The first kappa shape index (κ1) is 8.96. The van der Waals surface area contributed by atoms with Crippen LogP contribution in [-0.4, -0.2) is 14.7 Å². The average molecular weight is 192 g/mol. The molecule has 0 aromatic carbocycles. The van der Waals surface area contributed by atoms with Gasteiger partial charge >= 0.3 is 0 Å². The van der Waals surface area contributed by atoms with Crippen molar-refractivity contribution in [2.75, 3.05) is 0 Å². The zero-order valence-corrected chi connectivity index (χ0v) is 7.92. The molecule has 0 aliphatic heterocycles. The van der Waals surface area contributed by atoms with Crippen LogP contribution < -0.4 is 5.73 Å². The maximum Gasteiger partial charge on any atom is 0.213 e. The van der Waals surface area contributed by atoms with Crippen LogP contribution in [-0.2, 0) is 6.54 Å². The molecule has 0 aliphatic carbocycles. The summed E-state index contributed by atoms with van der Waals surface area (Å²) in [7, 11) is 0. The highest BCUT2D eigenvalue weighted by Crippen LogP contribution is 2.10. The molecule has 2 rings (SSSR count). The van der Waals surface area contributed by atoms with Gasteiger partial charge < -0.3 is 14.8 Å². The van der Waals surface area contributed by atoms with Gasteiger partial charge in [0.1, 0.15) is 0 Å². The van der Waals surface area contributed by atoms with E-state index in [4.69, 9.17) is 5.73 Å². The predicted molar refractivity (Wildman–Crippen MR) is 50.4 cm³/mol. The van der Waals surface area contributed by atoms with Crippen molar-refractivity contribution < 1.29 is 4.52 Å². The van der Waals surface area contributed by atoms with E-state index in [2.05, 4.69) is 14.7 Å². The average Bonchev–Trinajstić information content (AvgIpc) is 2.75. The molecule has 14 heavy (non-hydrogen) atoms. The Kier molecular flexibility index (Phi) is 2.32. The first-order chi connectivity index (χ1) is 6.75. The Labute approximate surface area is 81.5 Å². The Bertz CT molecular complexity index is 391. The second-order valence-corrected chi connectivity index (χ2v) is 3.25. The number of rotatable bonds is 3. The topological polar surface area (TPSA) is 69.9 Å². The van der Waals surface area contributed by atoms with Crippen LogP contribution in [0.25, 0.3) is 0 Å². The highest BCUT2D eigenvalue weighted by molar-refractivity contribution is 5.14. The minimum atomic E-state index is 0.0570. The second kappa shape index (κ2) is 3.63. The lowest BCUT2D eigenvalue weighted by atomic mass is 10.2. The highest BCUT2D eigenvalue weighted by atomic mass is 16.5. The molecular formula is C9H12N4O. The molecule has 0 saturated heterocycles. The first-order valence-corrected chi connectivity index (χ1v) is 4.42. The van der Waals surface area contributed by atoms with E-state index in [0.717, 1.165) is 5.56 Å². The molecule has 1 atom stereocenters. The van der Waals surface area contributed by atoms with Gasteiger partial charge in [0.2, 0.25) is 6.39 Å². The van der Waals surface area contributed by atoms with E-state index in [1.165, 1.54) is 6.39 Å². The molecule has 0 spiro atoms. The van der Waals surface area contributed by atoms with Crippen molar-refractivity contribution in [2.45, 2.75) is 19.5 Å². The lowest BCUT2D eigenvalue weighted by molar-refractivity contribution is 0.408. The summed E-state index contributed by atoms with van der Waals surface area (Å²) in [6, 6.07) is 2.05. The van der Waals surface area contributed by atoms with Gasteiger partial charge in [-0.3, -0.25) is 0 Å². The standard InChI is InChI=1S/C9H12N4O/c1-7(10)8-2-3-13(4-8)5-9-11-6-14-12-9/h2-4,6-7H,5,10H2,1H3. The third-order valence-corrected chi connectivity index (χ3v) is 2.03. The van der Waals surface area contributed by atoms with E-state index in [1.807, 2.05) is 30.0 Å². The molecule has 5 nitrogen and oxygen atoms in total. The minimum Gasteiger partial charge on any atom is -0.346 e. The summed E-state index contributed by atoms with van der Waals surface area (Å²) in [5.74, 6) is 0.664. The van der Waals surface area contributed by atoms with Crippen LogP contribution in [0.5, 0.6) is 0 Å². The van der Waals surface area contributed by atoms with Crippen molar-refractivity contribution in [3.05, 3.63) is 36.2 Å². The van der Waals surface area contributed by atoms with Crippen molar-refractivity contribution in [3.63, 3.8) is 0 Å². The molecular weight excluding hydrogens is 180 g/mol. The lowest BCUT2D eigenvalue weighted by Crippen LogP contribution is -2.04. The zero-order valence-electron chi connectivity index (χ0n) is 7.92. The van der Waals surface area contributed by atoms with Crippen LogP contribution in [0, 0.1) is 0 Å². The number of nitrogens with two attached hydrogens (primary N) is 1. The Balaban J connectivity index is 2.11. The Morgan fingerprint density at radius 2 is 2.50 bits per heavy atom. The van der Waals surface area contributed by atoms with Crippen molar-refractivity contribution in [1.29, 1.82) is 0 Å². The molecule has 2 heterocycles. The van der Waals surface area contributed by atoms with Crippen molar-refractivity contribution in [3.8, 4) is 0 Å². The molecule has 2 aromatic rings. The quantitative estimate of drug-likeness (QED) is 0.785. The van der Waals surface area contributed by atoms with E-state index in [-0.39, 0.29) is 6.04 Å². The molecule has 0 fully saturated rings. The van der Waals surface area contributed by atoms with E-state index in [9.17, 15) is 0 Å². The second-order valence-electron chi connectivity index (χ2n) is 3.25. The van der Waals surface area contributed by atoms with Crippen LogP contribution in [0.2, 0.25) is 0 Å². The van der Waals surface area contributed by atoms with Crippen molar-refractivity contribution in [1.82, 2.24) is 14.7 Å². The number of hydrogen-bond donors (Lipinski definition) is 1. The summed E-state index contributed by atoms with van der Waals surface area (Å²) in [6.07, 6.45) is 5.27. The van der Waals surface area contributed by atoms with Gasteiger partial charge in [-0.25, -0.2) is 0 Å². The zero-order chi connectivity index (χ0) is 9.97. The van der Waals surface area contributed by atoms with Gasteiger partial charge in [-0.15, -0.1) is 0 Å². The largest absolute Gasteiger partial charge is 0.346 e. The molecule has 74 valence electrons. The predicted octanol–water partition coefficient (Wildman–Crippen LogP) is 0.939. The Morgan fingerprint density at radius 3 is 3.07 bits per heavy atom. The molecule has 0 bridgehead atoms. The van der Waals surface area contributed by atoms with Gasteiger partial charge in [-0.05, 0) is 18.6 Å². The fraction of sp³-hybridized carbons (Fsp3) is 0.333. The van der Waals surface area contributed by atoms with Gasteiger partial charge in [0, 0.05) is 18.4 Å². The summed E-state index contributed by atoms with van der Waals surface area (Å²) in [6.45, 7) is 2.57. The lowest BCUT2D eigenvalue weighted by Gasteiger charge is -2.00.